The molecule has 194 valence electrons. The number of unbranched alkanes of at least 4 members (excludes halogenated alkanes) is 1. The van der Waals surface area contributed by atoms with E-state index in [4.69, 9.17) is 16.3 Å². The normalized spacial score (nSPS) is 12.3. The van der Waals surface area contributed by atoms with Crippen molar-refractivity contribution in [3.63, 3.8) is 0 Å². The Morgan fingerprint density at radius 3 is 2.14 bits per heavy atom. The molecule has 0 aliphatic heterocycles. The summed E-state index contributed by atoms with van der Waals surface area (Å²) in [5.41, 5.74) is 1.30. The zero-order valence-corrected chi connectivity index (χ0v) is 21.4. The monoisotopic (exact) mass is 510 g/mol. The number of hydrogen-bond acceptors (Lipinski definition) is 6. The van der Waals surface area contributed by atoms with Crippen LogP contribution in [0.2, 0.25) is 0 Å². The van der Waals surface area contributed by atoms with Crippen molar-refractivity contribution in [3.05, 3.63) is 29.8 Å². The summed E-state index contributed by atoms with van der Waals surface area (Å²) >= 11 is 5.40. The molecule has 1 aromatic carbocycles. The predicted octanol–water partition coefficient (Wildman–Crippen LogP) is 1.86. The van der Waals surface area contributed by atoms with Gasteiger partial charge in [-0.2, -0.15) is 0 Å². The van der Waals surface area contributed by atoms with Crippen LogP contribution in [-0.4, -0.2) is 54.1 Å². The maximum absolute atomic E-state index is 12.7. The van der Waals surface area contributed by atoms with E-state index in [2.05, 4.69) is 21.3 Å². The molecule has 0 aliphatic rings. The molecular formula is C24H35ClN4O6. The van der Waals surface area contributed by atoms with Crippen molar-refractivity contribution >= 4 is 46.9 Å². The topological polar surface area (TPSA) is 143 Å². The van der Waals surface area contributed by atoms with Crippen molar-refractivity contribution in [3.8, 4) is 0 Å². The molecule has 0 bridgehead atoms. The molecular weight excluding hydrogens is 476 g/mol. The van der Waals surface area contributed by atoms with Crippen LogP contribution < -0.4 is 21.3 Å². The van der Waals surface area contributed by atoms with Crippen molar-refractivity contribution in [1.82, 2.24) is 16.0 Å². The van der Waals surface area contributed by atoms with Gasteiger partial charge in [-0.05, 0) is 43.4 Å². The zero-order chi connectivity index (χ0) is 26.4. The van der Waals surface area contributed by atoms with Crippen molar-refractivity contribution in [1.29, 1.82) is 0 Å². The second kappa shape index (κ2) is 15.7. The molecule has 0 aromatic heterocycles. The summed E-state index contributed by atoms with van der Waals surface area (Å²) in [5, 5.41) is 10.7. The van der Waals surface area contributed by atoms with Crippen LogP contribution in [0.1, 0.15) is 52.5 Å². The highest BCUT2D eigenvalue weighted by Gasteiger charge is 2.26. The van der Waals surface area contributed by atoms with Crippen LogP contribution in [0.4, 0.5) is 5.69 Å². The van der Waals surface area contributed by atoms with E-state index < -0.39 is 23.9 Å². The van der Waals surface area contributed by atoms with Gasteiger partial charge < -0.3 is 26.0 Å². The molecule has 0 saturated carbocycles. The number of nitrogens with one attached hydrogen (secondary N) is 4. The second-order valence-electron chi connectivity index (χ2n) is 8.43. The maximum atomic E-state index is 12.7. The van der Waals surface area contributed by atoms with E-state index in [-0.39, 0.29) is 42.6 Å². The first-order valence-corrected chi connectivity index (χ1v) is 12.0. The van der Waals surface area contributed by atoms with Crippen molar-refractivity contribution in [2.45, 2.75) is 65.6 Å². The van der Waals surface area contributed by atoms with Gasteiger partial charge in [0, 0.05) is 25.6 Å². The quantitative estimate of drug-likeness (QED) is 0.171. The van der Waals surface area contributed by atoms with Gasteiger partial charge in [-0.15, -0.1) is 11.6 Å². The van der Waals surface area contributed by atoms with Crippen molar-refractivity contribution < 1.29 is 28.7 Å². The number of alkyl halides is 1. The van der Waals surface area contributed by atoms with Gasteiger partial charge in [0.25, 0.3) is 0 Å². The third-order valence-electron chi connectivity index (χ3n) is 4.96. The summed E-state index contributed by atoms with van der Waals surface area (Å²) in [6, 6.07) is 5.14. The molecule has 0 aliphatic carbocycles. The van der Waals surface area contributed by atoms with Crippen LogP contribution in [0, 0.1) is 5.92 Å². The molecule has 4 N–H and O–H groups in total. The van der Waals surface area contributed by atoms with E-state index in [1.54, 1.807) is 45.0 Å². The van der Waals surface area contributed by atoms with E-state index >= 15 is 0 Å². The van der Waals surface area contributed by atoms with Crippen LogP contribution >= 0.6 is 11.6 Å². The standard InChI is InChI=1S/C24H35ClN4O6/c1-15(2)22(29-20(31)7-5-6-12-26-21(32)13-25)24(34)27-16(3)23(33)28-19-10-8-18(9-11-19)14-35-17(4)30/h8-11,15-16,22H,5-7,12-14H2,1-4H3,(H,26,32)(H,27,34)(H,28,33)(H,29,31)/t16-,22?/m0/s1. The van der Waals surface area contributed by atoms with Crippen LogP contribution in [0.25, 0.3) is 0 Å². The maximum Gasteiger partial charge on any atom is 0.302 e. The van der Waals surface area contributed by atoms with Crippen LogP contribution in [0.3, 0.4) is 0 Å². The number of carbonyl (C=O) groups excluding carboxylic acids is 5. The van der Waals surface area contributed by atoms with E-state index in [9.17, 15) is 24.0 Å². The fourth-order valence-corrected chi connectivity index (χ4v) is 3.05. The zero-order valence-electron chi connectivity index (χ0n) is 20.6. The van der Waals surface area contributed by atoms with Gasteiger partial charge in [-0.1, -0.05) is 26.0 Å². The predicted molar refractivity (Wildman–Crippen MR) is 132 cm³/mol. The average Bonchev–Trinajstić information content (AvgIpc) is 2.81. The number of halogens is 1. The number of ether oxygens (including phenoxy) is 1. The smallest absolute Gasteiger partial charge is 0.302 e. The van der Waals surface area contributed by atoms with Gasteiger partial charge in [0.1, 0.15) is 24.6 Å². The first-order chi connectivity index (χ1) is 16.5. The summed E-state index contributed by atoms with van der Waals surface area (Å²) in [6.45, 7) is 7.05. The van der Waals surface area contributed by atoms with Crippen LogP contribution in [0.5, 0.6) is 0 Å². The highest BCUT2D eigenvalue weighted by molar-refractivity contribution is 6.27. The SMILES string of the molecule is CC(=O)OCc1ccc(NC(=O)[C@H](C)NC(=O)C(NC(=O)CCCCNC(=O)CCl)C(C)C)cc1. The van der Waals surface area contributed by atoms with E-state index in [0.717, 1.165) is 5.56 Å². The number of amides is 4. The highest BCUT2D eigenvalue weighted by Crippen LogP contribution is 2.11. The number of rotatable bonds is 14. The number of esters is 1. The van der Waals surface area contributed by atoms with Crippen LogP contribution in [-0.2, 0) is 35.3 Å². The molecule has 4 amide bonds. The van der Waals surface area contributed by atoms with Gasteiger partial charge >= 0.3 is 5.97 Å². The van der Waals surface area contributed by atoms with Gasteiger partial charge in [-0.25, -0.2) is 0 Å². The lowest BCUT2D eigenvalue weighted by Gasteiger charge is -2.24. The molecule has 1 unspecified atom stereocenters. The van der Waals surface area contributed by atoms with Gasteiger partial charge in [-0.3, -0.25) is 24.0 Å². The first-order valence-electron chi connectivity index (χ1n) is 11.5. The molecule has 1 aromatic rings. The van der Waals surface area contributed by atoms with E-state index in [1.807, 2.05) is 0 Å². The summed E-state index contributed by atoms with van der Waals surface area (Å²) < 4.78 is 4.92. The summed E-state index contributed by atoms with van der Waals surface area (Å²) in [5.74, 6) is -2.10. The fourth-order valence-electron chi connectivity index (χ4n) is 2.95. The Balaban J connectivity index is 2.51. The molecule has 2 atom stereocenters. The Kier molecular flexibility index (Phi) is 13.4. The largest absolute Gasteiger partial charge is 0.461 e. The molecule has 11 heteroatoms. The van der Waals surface area contributed by atoms with Crippen molar-refractivity contribution in [2.24, 2.45) is 5.92 Å². The Bertz CT molecular complexity index is 875. The summed E-state index contributed by atoms with van der Waals surface area (Å²) in [6.07, 6.45) is 1.35. The molecule has 0 saturated heterocycles. The molecule has 0 fully saturated rings. The van der Waals surface area contributed by atoms with Gasteiger partial charge in [0.2, 0.25) is 23.6 Å². The molecule has 0 spiro atoms. The van der Waals surface area contributed by atoms with Gasteiger partial charge in [0.15, 0.2) is 0 Å². The van der Waals surface area contributed by atoms with E-state index in [0.29, 0.717) is 25.1 Å². The van der Waals surface area contributed by atoms with Gasteiger partial charge in [0.05, 0.1) is 0 Å². The average molecular weight is 511 g/mol. The van der Waals surface area contributed by atoms with E-state index in [1.165, 1.54) is 6.92 Å². The number of carbonyl (C=O) groups is 5. The molecule has 1 rings (SSSR count). The number of anilines is 1. The summed E-state index contributed by atoms with van der Waals surface area (Å²) in [7, 11) is 0. The number of benzene rings is 1. The first kappa shape index (κ1) is 29.9. The lowest BCUT2D eigenvalue weighted by Crippen LogP contribution is -2.53. The minimum Gasteiger partial charge on any atom is -0.461 e. The number of hydrogen-bond donors (Lipinski definition) is 4. The molecule has 10 nitrogen and oxygen atoms in total. The third kappa shape index (κ3) is 12.2. The minimum atomic E-state index is -0.841. The lowest BCUT2D eigenvalue weighted by atomic mass is 10.0. The summed E-state index contributed by atoms with van der Waals surface area (Å²) in [4.78, 5) is 59.5. The van der Waals surface area contributed by atoms with Crippen molar-refractivity contribution in [2.75, 3.05) is 17.7 Å². The molecule has 35 heavy (non-hydrogen) atoms. The third-order valence-corrected chi connectivity index (χ3v) is 5.20. The highest BCUT2D eigenvalue weighted by atomic mass is 35.5. The second-order valence-corrected chi connectivity index (χ2v) is 8.69. The van der Waals surface area contributed by atoms with Crippen LogP contribution in [0.15, 0.2) is 24.3 Å². The minimum absolute atomic E-state index is 0.105. The molecule has 0 radical (unpaired) electrons. The Morgan fingerprint density at radius 2 is 1.57 bits per heavy atom. The lowest BCUT2D eigenvalue weighted by molar-refractivity contribution is -0.142. The Morgan fingerprint density at radius 1 is 0.914 bits per heavy atom. The molecule has 0 heterocycles. The Hall–Kier alpha value is -3.14. The Labute approximate surface area is 210 Å². The fraction of sp³-hybridized carbons (Fsp3) is 0.542.